The van der Waals surface area contributed by atoms with Crippen LogP contribution in [0.3, 0.4) is 0 Å². The van der Waals surface area contributed by atoms with Crippen molar-refractivity contribution in [3.05, 3.63) is 76.5 Å². The lowest BCUT2D eigenvalue weighted by Crippen LogP contribution is -2.50. The highest BCUT2D eigenvalue weighted by Crippen LogP contribution is 2.33. The van der Waals surface area contributed by atoms with E-state index < -0.39 is 17.8 Å². The number of hydrogen-bond acceptors (Lipinski definition) is 3. The Bertz CT molecular complexity index is 1120. The molecule has 32 heavy (non-hydrogen) atoms. The highest BCUT2D eigenvalue weighted by Gasteiger charge is 2.27. The molecule has 0 aliphatic rings. The van der Waals surface area contributed by atoms with E-state index in [1.807, 2.05) is 44.2 Å². The quantitative estimate of drug-likeness (QED) is 0.470. The number of hydrogen-bond donors (Lipinski definition) is 1. The molecule has 0 aromatic heterocycles. The molecule has 3 aromatic rings. The number of nitrogens with one attached hydrogen (secondary N) is 1. The van der Waals surface area contributed by atoms with E-state index in [1.165, 1.54) is 11.0 Å². The van der Waals surface area contributed by atoms with Crippen molar-refractivity contribution < 1.29 is 18.7 Å². The fraction of sp³-hybridized carbons (Fsp3) is 0.280. The summed E-state index contributed by atoms with van der Waals surface area (Å²) in [5, 5.41) is 4.81. The number of benzene rings is 3. The third-order valence-electron chi connectivity index (χ3n) is 5.08. The molecule has 0 saturated heterocycles. The summed E-state index contributed by atoms with van der Waals surface area (Å²) in [6.07, 6.45) is 0. The van der Waals surface area contributed by atoms with Crippen LogP contribution in [-0.4, -0.2) is 35.4 Å². The zero-order valence-electron chi connectivity index (χ0n) is 18.3. The van der Waals surface area contributed by atoms with Crippen LogP contribution < -0.4 is 10.1 Å². The van der Waals surface area contributed by atoms with Crippen molar-refractivity contribution in [1.29, 1.82) is 0 Å². The summed E-state index contributed by atoms with van der Waals surface area (Å²) in [6, 6.07) is 16.8. The molecule has 1 atom stereocenters. The number of carbonyl (C=O) groups excluding carboxylic acids is 2. The predicted octanol–water partition coefficient (Wildman–Crippen LogP) is 5.06. The Morgan fingerprint density at radius 1 is 1.03 bits per heavy atom. The van der Waals surface area contributed by atoms with Gasteiger partial charge in [0.1, 0.15) is 17.6 Å². The first-order valence-corrected chi connectivity index (χ1v) is 11.2. The molecule has 3 rings (SSSR count). The summed E-state index contributed by atoms with van der Waals surface area (Å²) in [4.78, 5) is 27.1. The SMILES string of the molecule is CC(C)NC(=O)[C@H](C)N(Cc1ccccc1F)C(=O)COc1ccc2ccccc2c1Br. The second-order valence-electron chi connectivity index (χ2n) is 7.84. The van der Waals surface area contributed by atoms with E-state index in [-0.39, 0.29) is 25.1 Å². The van der Waals surface area contributed by atoms with Gasteiger partial charge in [-0.3, -0.25) is 9.59 Å². The summed E-state index contributed by atoms with van der Waals surface area (Å²) in [5.74, 6) is -0.640. The molecule has 0 saturated carbocycles. The normalized spacial score (nSPS) is 11.9. The summed E-state index contributed by atoms with van der Waals surface area (Å²) < 4.78 is 20.8. The maximum absolute atomic E-state index is 14.3. The number of nitrogens with zero attached hydrogens (tertiary/aromatic N) is 1. The number of halogens is 2. The second kappa shape index (κ2) is 10.6. The highest BCUT2D eigenvalue weighted by molar-refractivity contribution is 9.10. The molecule has 5 nitrogen and oxygen atoms in total. The molecule has 0 spiro atoms. The molecule has 2 amide bonds. The van der Waals surface area contributed by atoms with Crippen LogP contribution in [0.1, 0.15) is 26.3 Å². The molecule has 168 valence electrons. The van der Waals surface area contributed by atoms with Gasteiger partial charge < -0.3 is 15.0 Å². The molecule has 0 unspecified atom stereocenters. The molecular formula is C25H26BrFN2O3. The largest absolute Gasteiger partial charge is 0.483 e. The molecule has 0 aliphatic heterocycles. The van der Waals surface area contributed by atoms with Gasteiger partial charge in [0.05, 0.1) is 4.47 Å². The lowest BCUT2D eigenvalue weighted by atomic mass is 10.1. The Morgan fingerprint density at radius 2 is 1.72 bits per heavy atom. The van der Waals surface area contributed by atoms with E-state index in [1.54, 1.807) is 31.2 Å². The van der Waals surface area contributed by atoms with Gasteiger partial charge in [0.15, 0.2) is 6.61 Å². The Kier molecular flexibility index (Phi) is 7.85. The van der Waals surface area contributed by atoms with Gasteiger partial charge in [-0.05, 0) is 59.6 Å². The third-order valence-corrected chi connectivity index (χ3v) is 5.89. The maximum atomic E-state index is 14.3. The van der Waals surface area contributed by atoms with Gasteiger partial charge in [-0.25, -0.2) is 4.39 Å². The van der Waals surface area contributed by atoms with Crippen molar-refractivity contribution in [2.45, 2.75) is 39.4 Å². The summed E-state index contributed by atoms with van der Waals surface area (Å²) in [6.45, 7) is 4.98. The smallest absolute Gasteiger partial charge is 0.261 e. The fourth-order valence-corrected chi connectivity index (χ4v) is 3.95. The van der Waals surface area contributed by atoms with Crippen LogP contribution in [0, 0.1) is 5.82 Å². The van der Waals surface area contributed by atoms with E-state index in [0.29, 0.717) is 11.3 Å². The molecule has 3 aromatic carbocycles. The lowest BCUT2D eigenvalue weighted by molar-refractivity contribution is -0.142. The van der Waals surface area contributed by atoms with Gasteiger partial charge in [-0.2, -0.15) is 0 Å². The Balaban J connectivity index is 1.80. The molecule has 7 heteroatoms. The van der Waals surface area contributed by atoms with E-state index in [9.17, 15) is 14.0 Å². The van der Waals surface area contributed by atoms with Crippen LogP contribution in [0.2, 0.25) is 0 Å². The average Bonchev–Trinajstić information content (AvgIpc) is 2.77. The third kappa shape index (κ3) is 5.65. The number of rotatable bonds is 8. The molecule has 0 aliphatic carbocycles. The summed E-state index contributed by atoms with van der Waals surface area (Å²) in [5.41, 5.74) is 0.330. The molecule has 0 bridgehead atoms. The molecule has 0 heterocycles. The second-order valence-corrected chi connectivity index (χ2v) is 8.63. The monoisotopic (exact) mass is 500 g/mol. The minimum Gasteiger partial charge on any atom is -0.483 e. The van der Waals surface area contributed by atoms with E-state index >= 15 is 0 Å². The minimum absolute atomic E-state index is 0.0412. The Hall–Kier alpha value is -2.93. The van der Waals surface area contributed by atoms with E-state index in [4.69, 9.17) is 4.74 Å². The lowest BCUT2D eigenvalue weighted by Gasteiger charge is -2.29. The number of ether oxygens (including phenoxy) is 1. The van der Waals surface area contributed by atoms with Crippen molar-refractivity contribution in [1.82, 2.24) is 10.2 Å². The zero-order valence-corrected chi connectivity index (χ0v) is 19.9. The van der Waals surface area contributed by atoms with Crippen molar-refractivity contribution >= 4 is 38.5 Å². The summed E-state index contributed by atoms with van der Waals surface area (Å²) in [7, 11) is 0. The first-order chi connectivity index (χ1) is 15.3. The van der Waals surface area contributed by atoms with Crippen LogP contribution in [0.15, 0.2) is 65.1 Å². The van der Waals surface area contributed by atoms with Gasteiger partial charge in [0.25, 0.3) is 5.91 Å². The van der Waals surface area contributed by atoms with Crippen LogP contribution in [0.4, 0.5) is 4.39 Å². The van der Waals surface area contributed by atoms with Gasteiger partial charge >= 0.3 is 0 Å². The number of carbonyl (C=O) groups is 2. The minimum atomic E-state index is -0.798. The topological polar surface area (TPSA) is 58.6 Å². The van der Waals surface area contributed by atoms with Crippen LogP contribution in [0.25, 0.3) is 10.8 Å². The Labute approximate surface area is 195 Å². The molecule has 0 fully saturated rings. The van der Waals surface area contributed by atoms with Crippen LogP contribution in [-0.2, 0) is 16.1 Å². The Morgan fingerprint density at radius 3 is 2.44 bits per heavy atom. The van der Waals surface area contributed by atoms with Gasteiger partial charge in [0, 0.05) is 18.2 Å². The summed E-state index contributed by atoms with van der Waals surface area (Å²) >= 11 is 3.55. The molecular weight excluding hydrogens is 475 g/mol. The van der Waals surface area contributed by atoms with Crippen molar-refractivity contribution in [3.63, 3.8) is 0 Å². The van der Waals surface area contributed by atoms with Gasteiger partial charge in [-0.15, -0.1) is 0 Å². The molecule has 0 radical (unpaired) electrons. The number of fused-ring (bicyclic) bond motifs is 1. The maximum Gasteiger partial charge on any atom is 0.261 e. The first-order valence-electron chi connectivity index (χ1n) is 10.4. The van der Waals surface area contributed by atoms with Crippen molar-refractivity contribution in [2.24, 2.45) is 0 Å². The predicted molar refractivity (Wildman–Crippen MR) is 127 cm³/mol. The average molecular weight is 501 g/mol. The van der Waals surface area contributed by atoms with Crippen LogP contribution in [0.5, 0.6) is 5.75 Å². The van der Waals surface area contributed by atoms with Crippen LogP contribution >= 0.6 is 15.9 Å². The van der Waals surface area contributed by atoms with E-state index in [2.05, 4.69) is 21.2 Å². The zero-order chi connectivity index (χ0) is 23.3. The standard InChI is InChI=1S/C25H26BrFN2O3/c1-16(2)28-25(31)17(3)29(14-19-9-5-7-11-21(19)27)23(30)15-32-22-13-12-18-8-4-6-10-20(18)24(22)26/h4-13,16-17H,14-15H2,1-3H3,(H,28,31)/t17-/m0/s1. The van der Waals surface area contributed by atoms with Gasteiger partial charge in [-0.1, -0.05) is 48.5 Å². The highest BCUT2D eigenvalue weighted by atomic mass is 79.9. The molecule has 1 N–H and O–H groups in total. The van der Waals surface area contributed by atoms with E-state index in [0.717, 1.165) is 15.2 Å². The number of amides is 2. The van der Waals surface area contributed by atoms with Crippen molar-refractivity contribution in [3.8, 4) is 5.75 Å². The fourth-order valence-electron chi connectivity index (χ4n) is 3.35. The van der Waals surface area contributed by atoms with Gasteiger partial charge in [0.2, 0.25) is 5.91 Å². The van der Waals surface area contributed by atoms with Crippen molar-refractivity contribution in [2.75, 3.05) is 6.61 Å². The first kappa shape index (κ1) is 23.7.